The van der Waals surface area contributed by atoms with Gasteiger partial charge in [0.1, 0.15) is 0 Å². The van der Waals surface area contributed by atoms with Crippen molar-refractivity contribution in [3.8, 4) is 0 Å². The second-order valence-electron chi connectivity index (χ2n) is 4.26. The fraction of sp³-hybridized carbons (Fsp3) is 0.636. The van der Waals surface area contributed by atoms with Gasteiger partial charge < -0.3 is 10.2 Å². The van der Waals surface area contributed by atoms with Gasteiger partial charge in [-0.3, -0.25) is 9.89 Å². The molecule has 0 aliphatic carbocycles. The number of rotatable bonds is 2. The monoisotopic (exact) mass is 222 g/mol. The van der Waals surface area contributed by atoms with Crippen molar-refractivity contribution in [1.82, 2.24) is 20.4 Å². The number of hydrogen-bond donors (Lipinski definition) is 2. The number of amides is 1. The van der Waals surface area contributed by atoms with Gasteiger partial charge in [0.2, 0.25) is 0 Å². The highest BCUT2D eigenvalue weighted by Gasteiger charge is 2.24. The highest BCUT2D eigenvalue weighted by Crippen LogP contribution is 2.14. The number of aromatic nitrogens is 2. The Morgan fingerprint density at radius 2 is 2.25 bits per heavy atom. The molecule has 1 fully saturated rings. The number of aromatic amines is 1. The van der Waals surface area contributed by atoms with Gasteiger partial charge in [0.25, 0.3) is 5.91 Å². The van der Waals surface area contributed by atoms with Crippen LogP contribution in [0.4, 0.5) is 0 Å². The molecule has 1 aromatic heterocycles. The predicted octanol–water partition coefficient (Wildman–Crippen LogP) is 0.542. The first-order valence-electron chi connectivity index (χ1n) is 5.69. The van der Waals surface area contributed by atoms with E-state index in [9.17, 15) is 4.79 Å². The Hall–Kier alpha value is -1.36. The van der Waals surface area contributed by atoms with Crippen molar-refractivity contribution in [3.05, 3.63) is 17.5 Å². The lowest BCUT2D eigenvalue weighted by atomic mass is 10.0. The lowest BCUT2D eigenvalue weighted by Gasteiger charge is -2.31. The molecule has 0 saturated carbocycles. The van der Waals surface area contributed by atoms with Gasteiger partial charge in [-0.2, -0.15) is 5.10 Å². The number of aryl methyl sites for hydroxylation is 1. The highest BCUT2D eigenvalue weighted by atomic mass is 16.2. The summed E-state index contributed by atoms with van der Waals surface area (Å²) < 4.78 is 0. The molecule has 2 heterocycles. The van der Waals surface area contributed by atoms with Crippen LogP contribution in [-0.2, 0) is 0 Å². The standard InChI is InChI=1S/C11H18N4O/c1-8-10(7-13-14-8)11(16)15-5-3-9(12-2)4-6-15/h7,9,12H,3-6H2,1-2H3,(H,13,14). The van der Waals surface area contributed by atoms with E-state index in [1.54, 1.807) is 6.20 Å². The molecule has 0 unspecified atom stereocenters. The molecular weight excluding hydrogens is 204 g/mol. The third-order valence-corrected chi connectivity index (χ3v) is 3.25. The van der Waals surface area contributed by atoms with E-state index in [1.165, 1.54) is 0 Å². The summed E-state index contributed by atoms with van der Waals surface area (Å²) in [4.78, 5) is 14.0. The summed E-state index contributed by atoms with van der Waals surface area (Å²) in [5.41, 5.74) is 1.55. The summed E-state index contributed by atoms with van der Waals surface area (Å²) in [5, 5.41) is 9.94. The van der Waals surface area contributed by atoms with Crippen LogP contribution in [0.5, 0.6) is 0 Å². The number of carbonyl (C=O) groups is 1. The maximum atomic E-state index is 12.1. The minimum atomic E-state index is 0.0980. The quantitative estimate of drug-likeness (QED) is 0.768. The molecule has 2 rings (SSSR count). The van der Waals surface area contributed by atoms with Crippen LogP contribution in [0, 0.1) is 6.92 Å². The highest BCUT2D eigenvalue weighted by molar-refractivity contribution is 5.95. The second-order valence-corrected chi connectivity index (χ2v) is 4.26. The van der Waals surface area contributed by atoms with Crippen molar-refractivity contribution >= 4 is 5.91 Å². The van der Waals surface area contributed by atoms with Crippen LogP contribution in [0.15, 0.2) is 6.20 Å². The number of H-pyrrole nitrogens is 1. The first kappa shape index (κ1) is 11.1. The van der Waals surface area contributed by atoms with E-state index >= 15 is 0 Å². The third-order valence-electron chi connectivity index (χ3n) is 3.25. The first-order chi connectivity index (χ1) is 7.72. The van der Waals surface area contributed by atoms with Crippen LogP contribution in [0.1, 0.15) is 28.9 Å². The zero-order chi connectivity index (χ0) is 11.5. The number of likely N-dealkylation sites (tertiary alicyclic amines) is 1. The molecule has 0 spiro atoms. The van der Waals surface area contributed by atoms with Gasteiger partial charge in [0.15, 0.2) is 0 Å². The minimum Gasteiger partial charge on any atom is -0.338 e. The van der Waals surface area contributed by atoms with Gasteiger partial charge in [-0.1, -0.05) is 0 Å². The molecule has 16 heavy (non-hydrogen) atoms. The van der Waals surface area contributed by atoms with Gasteiger partial charge in [0.05, 0.1) is 11.8 Å². The fourth-order valence-corrected chi connectivity index (χ4v) is 2.11. The first-order valence-corrected chi connectivity index (χ1v) is 5.69. The van der Waals surface area contributed by atoms with Gasteiger partial charge in [0, 0.05) is 24.8 Å². The van der Waals surface area contributed by atoms with E-state index in [0.717, 1.165) is 31.6 Å². The molecule has 0 atom stereocenters. The molecule has 5 nitrogen and oxygen atoms in total. The largest absolute Gasteiger partial charge is 0.338 e. The van der Waals surface area contributed by atoms with Gasteiger partial charge >= 0.3 is 0 Å². The number of piperidine rings is 1. The van der Waals surface area contributed by atoms with Crippen molar-refractivity contribution in [3.63, 3.8) is 0 Å². The third kappa shape index (κ3) is 2.09. The normalized spacial score (nSPS) is 17.8. The molecule has 0 bridgehead atoms. The SMILES string of the molecule is CNC1CCN(C(=O)c2cn[nH]c2C)CC1. The summed E-state index contributed by atoms with van der Waals surface area (Å²) in [6.07, 6.45) is 3.67. The number of nitrogens with one attached hydrogen (secondary N) is 2. The average molecular weight is 222 g/mol. The van der Waals surface area contributed by atoms with Crippen molar-refractivity contribution in [2.75, 3.05) is 20.1 Å². The topological polar surface area (TPSA) is 61.0 Å². The van der Waals surface area contributed by atoms with Crippen LogP contribution in [0.25, 0.3) is 0 Å². The molecule has 1 saturated heterocycles. The van der Waals surface area contributed by atoms with E-state index in [-0.39, 0.29) is 5.91 Å². The summed E-state index contributed by atoms with van der Waals surface area (Å²) in [6.45, 7) is 3.53. The summed E-state index contributed by atoms with van der Waals surface area (Å²) in [6, 6.07) is 0.550. The Morgan fingerprint density at radius 3 is 2.75 bits per heavy atom. The Bertz CT molecular complexity index is 366. The van der Waals surface area contributed by atoms with Crippen molar-refractivity contribution in [2.24, 2.45) is 0 Å². The number of carbonyl (C=O) groups excluding carboxylic acids is 1. The van der Waals surface area contributed by atoms with Crippen molar-refractivity contribution in [1.29, 1.82) is 0 Å². The molecule has 1 aliphatic rings. The molecule has 0 radical (unpaired) electrons. The van der Waals surface area contributed by atoms with Gasteiger partial charge in [-0.25, -0.2) is 0 Å². The molecule has 5 heteroatoms. The maximum Gasteiger partial charge on any atom is 0.257 e. The zero-order valence-corrected chi connectivity index (χ0v) is 9.79. The lowest BCUT2D eigenvalue weighted by molar-refractivity contribution is 0.0706. The molecule has 2 N–H and O–H groups in total. The van der Waals surface area contributed by atoms with E-state index < -0.39 is 0 Å². The summed E-state index contributed by atoms with van der Waals surface area (Å²) >= 11 is 0. The van der Waals surface area contributed by atoms with E-state index in [2.05, 4.69) is 15.5 Å². The summed E-state index contributed by atoms with van der Waals surface area (Å²) in [7, 11) is 1.97. The van der Waals surface area contributed by atoms with E-state index in [4.69, 9.17) is 0 Å². The average Bonchev–Trinajstić information content (AvgIpc) is 2.75. The Kier molecular flexibility index (Phi) is 3.24. The van der Waals surface area contributed by atoms with Crippen LogP contribution in [0.2, 0.25) is 0 Å². The van der Waals surface area contributed by atoms with E-state index in [0.29, 0.717) is 11.6 Å². The molecular formula is C11H18N4O. The van der Waals surface area contributed by atoms with Crippen LogP contribution >= 0.6 is 0 Å². The molecule has 1 aliphatic heterocycles. The van der Waals surface area contributed by atoms with Gasteiger partial charge in [-0.15, -0.1) is 0 Å². The zero-order valence-electron chi connectivity index (χ0n) is 9.79. The molecule has 88 valence electrons. The van der Waals surface area contributed by atoms with Crippen molar-refractivity contribution in [2.45, 2.75) is 25.8 Å². The fourth-order valence-electron chi connectivity index (χ4n) is 2.11. The Morgan fingerprint density at radius 1 is 1.56 bits per heavy atom. The molecule has 0 aromatic carbocycles. The van der Waals surface area contributed by atoms with Crippen LogP contribution in [-0.4, -0.2) is 47.2 Å². The maximum absolute atomic E-state index is 12.1. The van der Waals surface area contributed by atoms with Crippen LogP contribution < -0.4 is 5.32 Å². The Labute approximate surface area is 95.2 Å². The lowest BCUT2D eigenvalue weighted by Crippen LogP contribution is -2.44. The number of hydrogen-bond acceptors (Lipinski definition) is 3. The molecule has 1 aromatic rings. The van der Waals surface area contributed by atoms with Gasteiger partial charge in [-0.05, 0) is 26.8 Å². The van der Waals surface area contributed by atoms with Crippen LogP contribution in [0.3, 0.4) is 0 Å². The van der Waals surface area contributed by atoms with Crippen molar-refractivity contribution < 1.29 is 4.79 Å². The van der Waals surface area contributed by atoms with E-state index in [1.807, 2.05) is 18.9 Å². The minimum absolute atomic E-state index is 0.0980. The second kappa shape index (κ2) is 4.65. The number of nitrogens with zero attached hydrogens (tertiary/aromatic N) is 2. The molecule has 1 amide bonds. The summed E-state index contributed by atoms with van der Waals surface area (Å²) in [5.74, 6) is 0.0980. The Balaban J connectivity index is 2.00. The smallest absolute Gasteiger partial charge is 0.257 e. The predicted molar refractivity (Wildman–Crippen MR) is 61.3 cm³/mol.